The second-order valence-electron chi connectivity index (χ2n) is 8.78. The molecule has 2 aromatic carbocycles. The van der Waals surface area contributed by atoms with Crippen LogP contribution in [0.5, 0.6) is 0 Å². The molecule has 0 saturated carbocycles. The first-order valence-corrected chi connectivity index (χ1v) is 12.5. The van der Waals surface area contributed by atoms with E-state index in [0.717, 1.165) is 25.1 Å². The zero-order valence-electron chi connectivity index (χ0n) is 21.5. The first kappa shape index (κ1) is 27.4. The fourth-order valence-corrected chi connectivity index (χ4v) is 4.07. The van der Waals surface area contributed by atoms with Gasteiger partial charge in [0.2, 0.25) is 5.91 Å². The van der Waals surface area contributed by atoms with Gasteiger partial charge in [-0.25, -0.2) is 14.4 Å². The van der Waals surface area contributed by atoms with E-state index in [0.29, 0.717) is 46.0 Å². The minimum Gasteiger partial charge on any atom is -0.395 e. The smallest absolute Gasteiger partial charge is 0.230 e. The molecule has 0 radical (unpaired) electrons. The number of aromatic nitrogens is 4. The molecule has 0 aliphatic carbocycles. The maximum Gasteiger partial charge on any atom is 0.230 e. The fourth-order valence-electron chi connectivity index (χ4n) is 4.07. The average Bonchev–Trinajstić information content (AvgIpc) is 3.36. The maximum absolute atomic E-state index is 13.4. The SMILES string of the molecule is CCN(CCO)CC/C=C/c1cc2ncnc(Nc3cc(CC(=O)Nc4cccc(F)c4)[nH]n3)c2cc1C#N. The van der Waals surface area contributed by atoms with Crippen LogP contribution in [0.4, 0.5) is 21.7 Å². The second-order valence-corrected chi connectivity index (χ2v) is 8.78. The van der Waals surface area contributed by atoms with Gasteiger partial charge in [0.1, 0.15) is 18.0 Å². The van der Waals surface area contributed by atoms with E-state index in [1.54, 1.807) is 18.2 Å². The van der Waals surface area contributed by atoms with Gasteiger partial charge >= 0.3 is 0 Å². The summed E-state index contributed by atoms with van der Waals surface area (Å²) in [5.41, 5.74) is 2.82. The Balaban J connectivity index is 1.45. The number of hydrogen-bond donors (Lipinski definition) is 4. The Kier molecular flexibility index (Phi) is 9.29. The van der Waals surface area contributed by atoms with Crippen LogP contribution in [0.2, 0.25) is 0 Å². The number of fused-ring (bicyclic) bond motifs is 1. The number of aliphatic hydroxyl groups is 1. The Morgan fingerprint density at radius 1 is 1.23 bits per heavy atom. The van der Waals surface area contributed by atoms with Gasteiger partial charge in [-0.2, -0.15) is 10.4 Å². The summed E-state index contributed by atoms with van der Waals surface area (Å²) in [7, 11) is 0. The van der Waals surface area contributed by atoms with Crippen molar-refractivity contribution in [2.75, 3.05) is 36.9 Å². The molecule has 11 heteroatoms. The van der Waals surface area contributed by atoms with Gasteiger partial charge in [-0.3, -0.25) is 9.89 Å². The number of hydrogen-bond acceptors (Lipinski definition) is 8. The zero-order chi connectivity index (χ0) is 27.6. The van der Waals surface area contributed by atoms with Gasteiger partial charge in [0.15, 0.2) is 5.82 Å². The number of aromatic amines is 1. The summed E-state index contributed by atoms with van der Waals surface area (Å²) in [6, 6.07) is 13.2. The van der Waals surface area contributed by atoms with Crippen molar-refractivity contribution in [3.8, 4) is 6.07 Å². The molecule has 4 rings (SSSR count). The highest BCUT2D eigenvalue weighted by Crippen LogP contribution is 2.26. The topological polar surface area (TPSA) is 143 Å². The van der Waals surface area contributed by atoms with E-state index < -0.39 is 5.82 Å². The number of aliphatic hydroxyl groups excluding tert-OH is 1. The van der Waals surface area contributed by atoms with Crippen LogP contribution in [-0.2, 0) is 11.2 Å². The highest BCUT2D eigenvalue weighted by molar-refractivity contribution is 5.94. The Morgan fingerprint density at radius 2 is 2.10 bits per heavy atom. The summed E-state index contributed by atoms with van der Waals surface area (Å²) >= 11 is 0. The standard InChI is InChI=1S/C28H29FN8O2/c1-2-37(10-11-38)9-4-3-6-19-13-25-24(12-20(19)17-30)28(32-18-31-25)34-26-15-23(35-36-26)16-27(39)33-22-8-5-7-21(29)14-22/h3,5-8,12-15,18,38H,2,4,9-11,16H2,1H3,(H,33,39)(H2,31,32,34,35,36)/b6-3+. The molecule has 0 fully saturated rings. The van der Waals surface area contributed by atoms with Crippen LogP contribution in [-0.4, -0.2) is 62.3 Å². The predicted octanol–water partition coefficient (Wildman–Crippen LogP) is 4.01. The summed E-state index contributed by atoms with van der Waals surface area (Å²) < 4.78 is 13.4. The van der Waals surface area contributed by atoms with Gasteiger partial charge in [0.25, 0.3) is 0 Å². The van der Waals surface area contributed by atoms with Crippen molar-refractivity contribution in [3.05, 3.63) is 77.5 Å². The van der Waals surface area contributed by atoms with E-state index in [1.165, 1.54) is 24.5 Å². The summed E-state index contributed by atoms with van der Waals surface area (Å²) in [6.07, 6.45) is 6.15. The van der Waals surface area contributed by atoms with Crippen LogP contribution < -0.4 is 10.6 Å². The quantitative estimate of drug-likeness (QED) is 0.216. The molecule has 39 heavy (non-hydrogen) atoms. The van der Waals surface area contributed by atoms with E-state index in [2.05, 4.69) is 48.7 Å². The van der Waals surface area contributed by atoms with Gasteiger partial charge in [-0.05, 0) is 48.9 Å². The zero-order valence-corrected chi connectivity index (χ0v) is 21.5. The number of carbonyl (C=O) groups is 1. The Hall–Kier alpha value is -4.66. The molecule has 4 N–H and O–H groups in total. The van der Waals surface area contributed by atoms with Gasteiger partial charge < -0.3 is 20.6 Å². The van der Waals surface area contributed by atoms with Crippen LogP contribution in [0.15, 0.2) is 54.9 Å². The van der Waals surface area contributed by atoms with Gasteiger partial charge in [0, 0.05) is 35.9 Å². The second kappa shape index (κ2) is 13.2. The monoisotopic (exact) mass is 528 g/mol. The van der Waals surface area contributed by atoms with Crippen molar-refractivity contribution in [3.63, 3.8) is 0 Å². The van der Waals surface area contributed by atoms with Gasteiger partial charge in [0.05, 0.1) is 30.2 Å². The lowest BCUT2D eigenvalue weighted by Gasteiger charge is -2.17. The number of H-pyrrole nitrogens is 1. The first-order chi connectivity index (χ1) is 19.0. The molecule has 0 spiro atoms. The first-order valence-electron chi connectivity index (χ1n) is 12.5. The lowest BCUT2D eigenvalue weighted by atomic mass is 10.0. The van der Waals surface area contributed by atoms with Crippen LogP contribution >= 0.6 is 0 Å². The Labute approximate surface area is 225 Å². The van der Waals surface area contributed by atoms with Crippen LogP contribution in [0.3, 0.4) is 0 Å². The molecule has 2 heterocycles. The number of rotatable bonds is 12. The highest BCUT2D eigenvalue weighted by atomic mass is 19.1. The molecule has 0 saturated heterocycles. The number of anilines is 3. The van der Waals surface area contributed by atoms with E-state index in [4.69, 9.17) is 5.11 Å². The molecule has 0 aliphatic heterocycles. The van der Waals surface area contributed by atoms with E-state index >= 15 is 0 Å². The van der Waals surface area contributed by atoms with E-state index in [9.17, 15) is 14.4 Å². The molecular weight excluding hydrogens is 499 g/mol. The summed E-state index contributed by atoms with van der Waals surface area (Å²) in [5.74, 6) is 0.155. The molecule has 0 aliphatic rings. The third kappa shape index (κ3) is 7.44. The number of nitrogens with one attached hydrogen (secondary N) is 3. The largest absolute Gasteiger partial charge is 0.395 e. The molecule has 4 aromatic rings. The van der Waals surface area contributed by atoms with Gasteiger partial charge in [-0.1, -0.05) is 25.1 Å². The van der Waals surface area contributed by atoms with E-state index in [-0.39, 0.29) is 18.9 Å². The van der Waals surface area contributed by atoms with Crippen molar-refractivity contribution in [1.82, 2.24) is 25.1 Å². The predicted molar refractivity (Wildman–Crippen MR) is 148 cm³/mol. The Bertz CT molecular complexity index is 1510. The van der Waals surface area contributed by atoms with Crippen molar-refractivity contribution in [2.45, 2.75) is 19.8 Å². The molecular formula is C28H29FN8O2. The van der Waals surface area contributed by atoms with Crippen LogP contribution in [0.25, 0.3) is 17.0 Å². The number of nitrogens with zero attached hydrogens (tertiary/aromatic N) is 5. The van der Waals surface area contributed by atoms with Crippen LogP contribution in [0.1, 0.15) is 30.2 Å². The van der Waals surface area contributed by atoms with Crippen molar-refractivity contribution < 1.29 is 14.3 Å². The van der Waals surface area contributed by atoms with Crippen LogP contribution in [0, 0.1) is 17.1 Å². The molecule has 1 amide bonds. The molecule has 10 nitrogen and oxygen atoms in total. The molecule has 2 aromatic heterocycles. The fraction of sp³-hybridized carbons (Fsp3) is 0.250. The lowest BCUT2D eigenvalue weighted by Crippen LogP contribution is -2.27. The lowest BCUT2D eigenvalue weighted by molar-refractivity contribution is -0.115. The number of benzene rings is 2. The number of carbonyl (C=O) groups excluding carboxylic acids is 1. The number of amides is 1. The molecule has 0 unspecified atom stereocenters. The van der Waals surface area contributed by atoms with Crippen molar-refractivity contribution in [1.29, 1.82) is 5.26 Å². The number of nitriles is 1. The summed E-state index contributed by atoms with van der Waals surface area (Å²) in [5, 5.41) is 32.3. The van der Waals surface area contributed by atoms with Crippen molar-refractivity contribution in [2.24, 2.45) is 0 Å². The summed E-state index contributed by atoms with van der Waals surface area (Å²) in [4.78, 5) is 23.2. The summed E-state index contributed by atoms with van der Waals surface area (Å²) in [6.45, 7) is 4.49. The highest BCUT2D eigenvalue weighted by Gasteiger charge is 2.12. The maximum atomic E-state index is 13.4. The van der Waals surface area contributed by atoms with Crippen molar-refractivity contribution >= 4 is 40.2 Å². The average molecular weight is 529 g/mol. The molecule has 200 valence electrons. The number of likely N-dealkylation sites (N-methyl/N-ethyl adjacent to an activating group) is 1. The minimum absolute atomic E-state index is 0.0139. The minimum atomic E-state index is -0.432. The molecule has 0 bridgehead atoms. The Morgan fingerprint density at radius 3 is 2.87 bits per heavy atom. The third-order valence-corrected chi connectivity index (χ3v) is 6.04. The number of halogens is 1. The normalized spacial score (nSPS) is 11.3. The van der Waals surface area contributed by atoms with Gasteiger partial charge in [-0.15, -0.1) is 0 Å². The van der Waals surface area contributed by atoms with E-state index in [1.807, 2.05) is 18.2 Å². The third-order valence-electron chi connectivity index (χ3n) is 6.04. The molecule has 0 atom stereocenters.